The van der Waals surface area contributed by atoms with Crippen LogP contribution in [-0.4, -0.2) is 22.2 Å². The van der Waals surface area contributed by atoms with Crippen molar-refractivity contribution in [2.75, 3.05) is 7.05 Å². The number of hydrogen-bond acceptors (Lipinski definition) is 6. The fourth-order valence-electron chi connectivity index (χ4n) is 1.04. The molecule has 2 aromatic rings. The smallest absolute Gasteiger partial charge is 0.259 e. The van der Waals surface area contributed by atoms with E-state index in [9.17, 15) is 0 Å². The van der Waals surface area contributed by atoms with E-state index in [0.29, 0.717) is 18.3 Å². The SMILES string of the molecule is CNCc1nnc(-c2cnc(C)s2)o1. The van der Waals surface area contributed by atoms with Crippen LogP contribution in [0.5, 0.6) is 0 Å². The topological polar surface area (TPSA) is 63.8 Å². The third-order valence-electron chi connectivity index (χ3n) is 1.63. The minimum atomic E-state index is 0.542. The highest BCUT2D eigenvalue weighted by molar-refractivity contribution is 7.14. The molecular formula is C8H10N4OS. The van der Waals surface area contributed by atoms with Crippen molar-refractivity contribution in [1.29, 1.82) is 0 Å². The number of aromatic nitrogens is 3. The van der Waals surface area contributed by atoms with E-state index in [1.165, 1.54) is 0 Å². The van der Waals surface area contributed by atoms with Crippen molar-refractivity contribution < 1.29 is 4.42 Å². The average Bonchev–Trinajstić information content (AvgIpc) is 2.74. The van der Waals surface area contributed by atoms with Gasteiger partial charge in [0.05, 0.1) is 17.7 Å². The second-order valence-electron chi connectivity index (χ2n) is 2.77. The highest BCUT2D eigenvalue weighted by Crippen LogP contribution is 2.23. The van der Waals surface area contributed by atoms with E-state index in [2.05, 4.69) is 20.5 Å². The molecule has 0 saturated heterocycles. The Morgan fingerprint density at radius 3 is 3.00 bits per heavy atom. The first kappa shape index (κ1) is 9.29. The standard InChI is InChI=1S/C8H10N4OS/c1-5-10-3-6(14-5)8-12-11-7(13-8)4-9-2/h3,9H,4H2,1-2H3. The second kappa shape index (κ2) is 3.85. The number of nitrogens with zero attached hydrogens (tertiary/aromatic N) is 3. The lowest BCUT2D eigenvalue weighted by atomic mass is 10.5. The maximum absolute atomic E-state index is 5.41. The quantitative estimate of drug-likeness (QED) is 0.825. The molecular weight excluding hydrogens is 200 g/mol. The molecule has 2 aromatic heterocycles. The molecule has 2 heterocycles. The lowest BCUT2D eigenvalue weighted by Gasteiger charge is -1.88. The monoisotopic (exact) mass is 210 g/mol. The number of rotatable bonds is 3. The Morgan fingerprint density at radius 2 is 2.36 bits per heavy atom. The maximum Gasteiger partial charge on any atom is 0.259 e. The van der Waals surface area contributed by atoms with Gasteiger partial charge in [-0.2, -0.15) is 0 Å². The second-order valence-corrected chi connectivity index (χ2v) is 4.01. The van der Waals surface area contributed by atoms with Crippen molar-refractivity contribution in [2.45, 2.75) is 13.5 Å². The van der Waals surface area contributed by atoms with E-state index in [0.717, 1.165) is 9.88 Å². The molecule has 2 rings (SSSR count). The molecule has 5 nitrogen and oxygen atoms in total. The molecule has 0 aromatic carbocycles. The van der Waals surface area contributed by atoms with Gasteiger partial charge >= 0.3 is 0 Å². The molecule has 0 fully saturated rings. The molecule has 0 aliphatic rings. The third kappa shape index (κ3) is 1.80. The molecule has 0 atom stereocenters. The zero-order valence-electron chi connectivity index (χ0n) is 7.94. The third-order valence-corrected chi connectivity index (χ3v) is 2.53. The number of hydrogen-bond donors (Lipinski definition) is 1. The van der Waals surface area contributed by atoms with Gasteiger partial charge in [-0.05, 0) is 14.0 Å². The van der Waals surface area contributed by atoms with E-state index >= 15 is 0 Å². The Hall–Kier alpha value is -1.27. The van der Waals surface area contributed by atoms with E-state index in [-0.39, 0.29) is 0 Å². The van der Waals surface area contributed by atoms with Crippen LogP contribution in [0.15, 0.2) is 10.6 Å². The van der Waals surface area contributed by atoms with Crippen LogP contribution in [0.3, 0.4) is 0 Å². The predicted molar refractivity (Wildman–Crippen MR) is 52.9 cm³/mol. The minimum Gasteiger partial charge on any atom is -0.418 e. The predicted octanol–water partition coefficient (Wildman–Crippen LogP) is 1.22. The first-order valence-corrected chi connectivity index (χ1v) is 5.01. The Balaban J connectivity index is 2.24. The largest absolute Gasteiger partial charge is 0.418 e. The summed E-state index contributed by atoms with van der Waals surface area (Å²) in [6.45, 7) is 2.53. The van der Waals surface area contributed by atoms with Crippen LogP contribution < -0.4 is 5.32 Å². The molecule has 0 aliphatic heterocycles. The fourth-order valence-corrected chi connectivity index (χ4v) is 1.73. The molecule has 0 amide bonds. The van der Waals surface area contributed by atoms with Crippen molar-refractivity contribution in [3.63, 3.8) is 0 Å². The van der Waals surface area contributed by atoms with Crippen LogP contribution in [0.4, 0.5) is 0 Å². The Bertz CT molecular complexity index is 422. The molecule has 6 heteroatoms. The first-order valence-electron chi connectivity index (χ1n) is 4.19. The summed E-state index contributed by atoms with van der Waals surface area (Å²) < 4.78 is 5.41. The van der Waals surface area contributed by atoms with Crippen LogP contribution >= 0.6 is 11.3 Å². The lowest BCUT2D eigenvalue weighted by molar-refractivity contribution is 0.491. The van der Waals surface area contributed by atoms with Gasteiger partial charge in [0.15, 0.2) is 0 Å². The zero-order valence-corrected chi connectivity index (χ0v) is 8.76. The van der Waals surface area contributed by atoms with Gasteiger partial charge in [-0.3, -0.25) is 0 Å². The average molecular weight is 210 g/mol. The van der Waals surface area contributed by atoms with Crippen molar-refractivity contribution in [3.05, 3.63) is 17.1 Å². The molecule has 74 valence electrons. The van der Waals surface area contributed by atoms with Crippen LogP contribution in [0, 0.1) is 6.92 Å². The summed E-state index contributed by atoms with van der Waals surface area (Å²) in [7, 11) is 1.83. The molecule has 0 bridgehead atoms. The van der Waals surface area contributed by atoms with E-state index in [4.69, 9.17) is 4.42 Å². The van der Waals surface area contributed by atoms with Crippen LogP contribution in [0.2, 0.25) is 0 Å². The molecule has 0 radical (unpaired) electrons. The molecule has 0 spiro atoms. The van der Waals surface area contributed by atoms with Gasteiger partial charge in [-0.15, -0.1) is 21.5 Å². The Morgan fingerprint density at radius 1 is 1.50 bits per heavy atom. The van der Waals surface area contributed by atoms with Crippen molar-refractivity contribution in [3.8, 4) is 10.8 Å². The number of nitrogens with one attached hydrogen (secondary N) is 1. The van der Waals surface area contributed by atoms with E-state index < -0.39 is 0 Å². The van der Waals surface area contributed by atoms with E-state index in [1.54, 1.807) is 17.5 Å². The number of aryl methyl sites for hydroxylation is 1. The lowest BCUT2D eigenvalue weighted by Crippen LogP contribution is -2.04. The summed E-state index contributed by atoms with van der Waals surface area (Å²) in [6, 6.07) is 0. The molecule has 0 unspecified atom stereocenters. The van der Waals surface area contributed by atoms with Crippen LogP contribution in [0.1, 0.15) is 10.9 Å². The van der Waals surface area contributed by atoms with Crippen molar-refractivity contribution >= 4 is 11.3 Å². The minimum absolute atomic E-state index is 0.542. The summed E-state index contributed by atoms with van der Waals surface area (Å²) in [4.78, 5) is 5.04. The summed E-state index contributed by atoms with van der Waals surface area (Å²) >= 11 is 1.54. The Labute approximate surface area is 85.2 Å². The van der Waals surface area contributed by atoms with Gasteiger partial charge < -0.3 is 9.73 Å². The molecule has 1 N–H and O–H groups in total. The molecule has 0 saturated carbocycles. The maximum atomic E-state index is 5.41. The van der Waals surface area contributed by atoms with Crippen molar-refractivity contribution in [2.24, 2.45) is 0 Å². The zero-order chi connectivity index (χ0) is 9.97. The van der Waals surface area contributed by atoms with Gasteiger partial charge in [-0.25, -0.2) is 4.98 Å². The van der Waals surface area contributed by atoms with Gasteiger partial charge in [-0.1, -0.05) is 0 Å². The van der Waals surface area contributed by atoms with Gasteiger partial charge in [0, 0.05) is 0 Å². The first-order chi connectivity index (χ1) is 6.79. The van der Waals surface area contributed by atoms with Crippen molar-refractivity contribution in [1.82, 2.24) is 20.5 Å². The van der Waals surface area contributed by atoms with Crippen LogP contribution in [0.25, 0.3) is 10.8 Å². The summed E-state index contributed by atoms with van der Waals surface area (Å²) in [5, 5.41) is 11.8. The summed E-state index contributed by atoms with van der Waals surface area (Å²) in [5.41, 5.74) is 0. The fraction of sp³-hybridized carbons (Fsp3) is 0.375. The number of thiazole rings is 1. The van der Waals surface area contributed by atoms with Crippen LogP contribution in [-0.2, 0) is 6.54 Å². The highest BCUT2D eigenvalue weighted by atomic mass is 32.1. The summed E-state index contributed by atoms with van der Waals surface area (Å²) in [6.07, 6.45) is 1.75. The van der Waals surface area contributed by atoms with Gasteiger partial charge in [0.2, 0.25) is 5.89 Å². The normalized spacial score (nSPS) is 10.7. The van der Waals surface area contributed by atoms with E-state index in [1.807, 2.05) is 14.0 Å². The molecule has 0 aliphatic carbocycles. The van der Waals surface area contributed by atoms with Gasteiger partial charge in [0.1, 0.15) is 4.88 Å². The summed E-state index contributed by atoms with van der Waals surface area (Å²) in [5.74, 6) is 1.13. The highest BCUT2D eigenvalue weighted by Gasteiger charge is 2.09. The molecule has 14 heavy (non-hydrogen) atoms. The Kier molecular flexibility index (Phi) is 2.55. The van der Waals surface area contributed by atoms with Gasteiger partial charge in [0.25, 0.3) is 5.89 Å².